The Morgan fingerprint density at radius 1 is 0.947 bits per heavy atom. The first kappa shape index (κ1) is 16.9. The molecule has 0 fully saturated rings. The van der Waals surface area contributed by atoms with Gasteiger partial charge in [0, 0.05) is 5.88 Å². The molecule has 1 rings (SSSR count). The van der Waals surface area contributed by atoms with Crippen LogP contribution in [0.5, 0.6) is 5.75 Å². The van der Waals surface area contributed by atoms with Gasteiger partial charge in [0.1, 0.15) is 0 Å². The van der Waals surface area contributed by atoms with E-state index < -0.39 is 0 Å². The molecule has 1 N–H and O–H groups in total. The number of alkyl halides is 1. The van der Waals surface area contributed by atoms with Gasteiger partial charge in [0.25, 0.3) is 0 Å². The number of halogens is 3. The van der Waals surface area contributed by atoms with Crippen molar-refractivity contribution in [3.63, 3.8) is 0 Å². The molecule has 2 atom stereocenters. The van der Waals surface area contributed by atoms with Crippen molar-refractivity contribution in [2.75, 3.05) is 0 Å². The molecule has 108 valence electrons. The number of hydrogen-bond acceptors (Lipinski definition) is 1. The summed E-state index contributed by atoms with van der Waals surface area (Å²) in [7, 11) is 0. The Morgan fingerprint density at radius 3 is 1.58 bits per heavy atom. The second-order valence-electron chi connectivity index (χ2n) is 5.03. The van der Waals surface area contributed by atoms with Crippen LogP contribution >= 0.6 is 34.8 Å². The molecule has 0 aliphatic carbocycles. The lowest BCUT2D eigenvalue weighted by molar-refractivity contribution is 0.472. The van der Waals surface area contributed by atoms with E-state index in [0.717, 1.165) is 29.5 Å². The van der Waals surface area contributed by atoms with E-state index in [1.807, 2.05) is 0 Å². The van der Waals surface area contributed by atoms with Crippen molar-refractivity contribution in [3.05, 3.63) is 26.7 Å². The summed E-state index contributed by atoms with van der Waals surface area (Å²) in [6.07, 6.45) is 1.87. The minimum absolute atomic E-state index is 0.0113. The smallest absolute Gasteiger partial charge is 0.153 e. The molecule has 0 amide bonds. The Bertz CT molecular complexity index is 420. The molecule has 1 aromatic rings. The zero-order valence-corrected chi connectivity index (χ0v) is 14.1. The van der Waals surface area contributed by atoms with Crippen LogP contribution in [0, 0.1) is 0 Å². The summed E-state index contributed by atoms with van der Waals surface area (Å²) in [4.78, 5) is 0. The fourth-order valence-corrected chi connectivity index (χ4v) is 3.47. The summed E-state index contributed by atoms with van der Waals surface area (Å²) in [5.41, 5.74) is 2.87. The van der Waals surface area contributed by atoms with Crippen molar-refractivity contribution in [1.29, 1.82) is 0 Å². The summed E-state index contributed by atoms with van der Waals surface area (Å²) in [6, 6.07) is 0. The van der Waals surface area contributed by atoms with Crippen LogP contribution in [0.3, 0.4) is 0 Å². The second kappa shape index (κ2) is 7.06. The molecule has 0 spiro atoms. The second-order valence-corrected chi connectivity index (χ2v) is 6.06. The topological polar surface area (TPSA) is 20.2 Å². The molecule has 0 aliphatic heterocycles. The Kier molecular flexibility index (Phi) is 6.29. The lowest BCUT2D eigenvalue weighted by atomic mass is 9.86. The Balaban J connectivity index is 3.68. The quantitative estimate of drug-likeness (QED) is 0.616. The highest BCUT2D eigenvalue weighted by Gasteiger charge is 2.25. The van der Waals surface area contributed by atoms with Gasteiger partial charge < -0.3 is 5.11 Å². The minimum atomic E-state index is -0.0113. The Morgan fingerprint density at radius 2 is 1.32 bits per heavy atom. The van der Waals surface area contributed by atoms with Crippen molar-refractivity contribution in [1.82, 2.24) is 0 Å². The normalized spacial score (nSPS) is 14.5. The Hall–Kier alpha value is -0.110. The fraction of sp³-hybridized carbons (Fsp3) is 0.600. The van der Waals surface area contributed by atoms with Crippen LogP contribution in [-0.4, -0.2) is 5.11 Å². The van der Waals surface area contributed by atoms with Gasteiger partial charge in [-0.15, -0.1) is 11.6 Å². The van der Waals surface area contributed by atoms with E-state index in [2.05, 4.69) is 27.7 Å². The van der Waals surface area contributed by atoms with Gasteiger partial charge in [-0.1, -0.05) is 50.9 Å². The summed E-state index contributed by atoms with van der Waals surface area (Å²) < 4.78 is 0. The first-order valence-electron chi connectivity index (χ1n) is 6.69. The average Bonchev–Trinajstić information content (AvgIpc) is 2.42. The maximum Gasteiger partial charge on any atom is 0.153 e. The molecular weight excluding hydrogens is 303 g/mol. The highest BCUT2D eigenvalue weighted by Crippen LogP contribution is 2.47. The third-order valence-corrected chi connectivity index (χ3v) is 4.92. The maximum absolute atomic E-state index is 10.2. The standard InChI is InChI=1S/C15H21Cl3O/c1-5-8(3)11-10(7-16)12(9(4)6-2)14(18)15(19)13(11)17/h8-9,19H,5-7H2,1-4H3. The molecule has 0 heterocycles. The molecule has 0 radical (unpaired) electrons. The van der Waals surface area contributed by atoms with Crippen LogP contribution in [0.4, 0.5) is 0 Å². The first-order chi connectivity index (χ1) is 8.90. The lowest BCUT2D eigenvalue weighted by Gasteiger charge is -2.24. The maximum atomic E-state index is 10.2. The van der Waals surface area contributed by atoms with Gasteiger partial charge in [-0.25, -0.2) is 0 Å². The minimum Gasteiger partial charge on any atom is -0.505 e. The third-order valence-electron chi connectivity index (χ3n) is 3.88. The van der Waals surface area contributed by atoms with Crippen LogP contribution < -0.4 is 0 Å². The van der Waals surface area contributed by atoms with E-state index in [0.29, 0.717) is 15.9 Å². The summed E-state index contributed by atoms with van der Waals surface area (Å²) in [5, 5.41) is 10.9. The van der Waals surface area contributed by atoms with Crippen LogP contribution in [0.15, 0.2) is 0 Å². The van der Waals surface area contributed by atoms with Crippen molar-refractivity contribution in [2.24, 2.45) is 0 Å². The van der Waals surface area contributed by atoms with E-state index in [1.165, 1.54) is 0 Å². The fourth-order valence-electron chi connectivity index (χ4n) is 2.34. The number of phenols is 1. The highest BCUT2D eigenvalue weighted by atomic mass is 35.5. The molecule has 0 saturated carbocycles. The zero-order valence-electron chi connectivity index (χ0n) is 11.9. The largest absolute Gasteiger partial charge is 0.505 e. The van der Waals surface area contributed by atoms with Crippen molar-refractivity contribution in [2.45, 2.75) is 58.3 Å². The highest BCUT2D eigenvalue weighted by molar-refractivity contribution is 6.38. The molecule has 19 heavy (non-hydrogen) atoms. The molecule has 4 heteroatoms. The molecule has 2 unspecified atom stereocenters. The van der Waals surface area contributed by atoms with E-state index in [1.54, 1.807) is 0 Å². The molecule has 0 saturated heterocycles. The van der Waals surface area contributed by atoms with Gasteiger partial charge in [0.05, 0.1) is 10.0 Å². The molecule has 0 aromatic heterocycles. The summed E-state index contributed by atoms with van der Waals surface area (Å²) >= 11 is 18.7. The van der Waals surface area contributed by atoms with Crippen LogP contribution in [-0.2, 0) is 5.88 Å². The summed E-state index contributed by atoms with van der Waals surface area (Å²) in [5.74, 6) is 0.834. The molecule has 1 aromatic carbocycles. The van der Waals surface area contributed by atoms with E-state index in [9.17, 15) is 5.11 Å². The van der Waals surface area contributed by atoms with Crippen LogP contribution in [0.2, 0.25) is 10.0 Å². The average molecular weight is 324 g/mol. The van der Waals surface area contributed by atoms with E-state index in [-0.39, 0.29) is 17.6 Å². The van der Waals surface area contributed by atoms with Crippen LogP contribution in [0.1, 0.15) is 69.1 Å². The van der Waals surface area contributed by atoms with Gasteiger partial charge in [-0.05, 0) is 41.4 Å². The first-order valence-corrected chi connectivity index (χ1v) is 7.98. The number of rotatable bonds is 5. The monoisotopic (exact) mass is 322 g/mol. The number of benzene rings is 1. The van der Waals surface area contributed by atoms with Crippen LogP contribution in [0.25, 0.3) is 0 Å². The molecule has 1 nitrogen and oxygen atoms in total. The molecule has 0 bridgehead atoms. The van der Waals surface area contributed by atoms with Gasteiger partial charge in [0.2, 0.25) is 0 Å². The van der Waals surface area contributed by atoms with Gasteiger partial charge in [-0.3, -0.25) is 0 Å². The summed E-state index contributed by atoms with van der Waals surface area (Å²) in [6.45, 7) is 8.36. The zero-order chi connectivity index (χ0) is 14.7. The lowest BCUT2D eigenvalue weighted by Crippen LogP contribution is -2.07. The van der Waals surface area contributed by atoms with Gasteiger partial charge in [-0.2, -0.15) is 0 Å². The van der Waals surface area contributed by atoms with Crippen molar-refractivity contribution < 1.29 is 5.11 Å². The number of aromatic hydroxyl groups is 1. The van der Waals surface area contributed by atoms with E-state index in [4.69, 9.17) is 34.8 Å². The number of phenolic OH excluding ortho intramolecular Hbond substituents is 1. The van der Waals surface area contributed by atoms with Gasteiger partial charge >= 0.3 is 0 Å². The SMILES string of the molecule is CCC(C)c1c(Cl)c(O)c(Cl)c(C(C)CC)c1CCl. The Labute approximate surface area is 130 Å². The molecule has 0 aliphatic rings. The van der Waals surface area contributed by atoms with E-state index >= 15 is 0 Å². The number of hydrogen-bond donors (Lipinski definition) is 1. The predicted octanol–water partition coefficient (Wildman–Crippen LogP) is 6.46. The van der Waals surface area contributed by atoms with Crippen molar-refractivity contribution in [3.8, 4) is 5.75 Å². The molecular formula is C15H21Cl3O. The predicted molar refractivity (Wildman–Crippen MR) is 85.1 cm³/mol. The third kappa shape index (κ3) is 3.15. The van der Waals surface area contributed by atoms with Crippen molar-refractivity contribution >= 4 is 34.8 Å². The van der Waals surface area contributed by atoms with Gasteiger partial charge in [0.15, 0.2) is 5.75 Å².